The average Bonchev–Trinajstić information content (AvgIpc) is 2.10. The lowest BCUT2D eigenvalue weighted by atomic mass is 10.1. The highest BCUT2D eigenvalue weighted by Gasteiger charge is 2.28. The van der Waals surface area contributed by atoms with Gasteiger partial charge in [0.05, 0.1) is 6.54 Å². The molecule has 0 aliphatic rings. The lowest BCUT2D eigenvalue weighted by molar-refractivity contribution is 0.0107. The van der Waals surface area contributed by atoms with E-state index in [2.05, 4.69) is 0 Å². The van der Waals surface area contributed by atoms with Crippen LogP contribution < -0.4 is 5.73 Å². The molecule has 14 heavy (non-hydrogen) atoms. The monoisotopic (exact) mass is 223 g/mol. The van der Waals surface area contributed by atoms with E-state index in [0.29, 0.717) is 0 Å². The van der Waals surface area contributed by atoms with Crippen LogP contribution >= 0.6 is 11.6 Å². The van der Waals surface area contributed by atoms with Gasteiger partial charge >= 0.3 is 0 Å². The van der Waals surface area contributed by atoms with Gasteiger partial charge in [-0.3, -0.25) is 0 Å². The molecule has 0 unspecified atom stereocenters. The number of alkyl halides is 2. The Hall–Kier alpha value is -0.740. The second-order valence-electron chi connectivity index (χ2n) is 2.97. The topological polar surface area (TPSA) is 26.0 Å². The quantitative estimate of drug-likeness (QED) is 0.838. The van der Waals surface area contributed by atoms with E-state index in [-0.39, 0.29) is 10.6 Å². The third-order valence-electron chi connectivity index (χ3n) is 1.76. The van der Waals surface area contributed by atoms with Crippen molar-refractivity contribution >= 4 is 11.6 Å². The molecule has 1 nitrogen and oxygen atoms in total. The van der Waals surface area contributed by atoms with Crippen molar-refractivity contribution in [2.24, 2.45) is 5.73 Å². The molecule has 0 amide bonds. The second-order valence-corrected chi connectivity index (χ2v) is 3.41. The Morgan fingerprint density at radius 2 is 2.00 bits per heavy atom. The molecule has 0 aliphatic heterocycles. The van der Waals surface area contributed by atoms with E-state index in [1.807, 2.05) is 0 Å². The number of benzene rings is 1. The SMILES string of the molecule is NCC(F)(F)Cc1ccc(Cl)cc1F. The Balaban J connectivity index is 2.87. The van der Waals surface area contributed by atoms with Gasteiger partial charge in [0.2, 0.25) is 0 Å². The molecule has 0 spiro atoms. The summed E-state index contributed by atoms with van der Waals surface area (Å²) in [7, 11) is 0. The van der Waals surface area contributed by atoms with Crippen LogP contribution in [0.5, 0.6) is 0 Å². The highest BCUT2D eigenvalue weighted by molar-refractivity contribution is 6.30. The maximum atomic E-state index is 13.1. The van der Waals surface area contributed by atoms with Crippen molar-refractivity contribution in [3.05, 3.63) is 34.6 Å². The summed E-state index contributed by atoms with van der Waals surface area (Å²) in [5.41, 5.74) is 4.76. The van der Waals surface area contributed by atoms with Crippen LogP contribution in [0.15, 0.2) is 18.2 Å². The van der Waals surface area contributed by atoms with Gasteiger partial charge in [0, 0.05) is 11.4 Å². The zero-order valence-corrected chi connectivity index (χ0v) is 7.99. The molecule has 0 heterocycles. The van der Waals surface area contributed by atoms with Crippen LogP contribution in [0.1, 0.15) is 5.56 Å². The van der Waals surface area contributed by atoms with Crippen molar-refractivity contribution in [2.75, 3.05) is 6.54 Å². The smallest absolute Gasteiger partial charge is 0.264 e. The van der Waals surface area contributed by atoms with E-state index >= 15 is 0 Å². The molecule has 0 saturated carbocycles. The minimum absolute atomic E-state index is 0.0788. The standard InChI is InChI=1S/C9H9ClF3N/c10-7-2-1-6(8(11)3-7)4-9(12,13)5-14/h1-3H,4-5,14H2. The summed E-state index contributed by atoms with van der Waals surface area (Å²) in [5, 5.41) is 0.183. The first kappa shape index (κ1) is 11.3. The van der Waals surface area contributed by atoms with Gasteiger partial charge in [0.1, 0.15) is 5.82 Å². The Bertz CT molecular complexity index is 328. The lowest BCUT2D eigenvalue weighted by Crippen LogP contribution is -2.30. The van der Waals surface area contributed by atoms with E-state index in [0.717, 1.165) is 6.07 Å². The zero-order valence-electron chi connectivity index (χ0n) is 7.24. The first-order chi connectivity index (χ1) is 6.44. The fourth-order valence-electron chi connectivity index (χ4n) is 1.02. The average molecular weight is 224 g/mol. The lowest BCUT2D eigenvalue weighted by Gasteiger charge is -2.13. The Morgan fingerprint density at radius 1 is 1.36 bits per heavy atom. The summed E-state index contributed by atoms with van der Waals surface area (Å²) >= 11 is 5.47. The summed E-state index contributed by atoms with van der Waals surface area (Å²) in [4.78, 5) is 0. The number of rotatable bonds is 3. The van der Waals surface area contributed by atoms with Crippen molar-refractivity contribution < 1.29 is 13.2 Å². The molecular weight excluding hydrogens is 215 g/mol. The molecule has 78 valence electrons. The fraction of sp³-hybridized carbons (Fsp3) is 0.333. The summed E-state index contributed by atoms with van der Waals surface area (Å²) in [5.74, 6) is -3.81. The molecule has 0 atom stereocenters. The maximum Gasteiger partial charge on any atom is 0.264 e. The van der Waals surface area contributed by atoms with Gasteiger partial charge in [-0.2, -0.15) is 0 Å². The van der Waals surface area contributed by atoms with Crippen LogP contribution in [0.25, 0.3) is 0 Å². The summed E-state index contributed by atoms with van der Waals surface area (Å²) in [6.07, 6.45) is -0.702. The van der Waals surface area contributed by atoms with Crippen LogP contribution in [0.2, 0.25) is 5.02 Å². The largest absolute Gasteiger partial charge is 0.325 e. The zero-order chi connectivity index (χ0) is 10.8. The first-order valence-electron chi connectivity index (χ1n) is 3.96. The van der Waals surface area contributed by atoms with Crippen molar-refractivity contribution in [3.63, 3.8) is 0 Å². The normalized spacial score (nSPS) is 11.8. The predicted octanol–water partition coefficient (Wildman–Crippen LogP) is 2.62. The second kappa shape index (κ2) is 4.19. The maximum absolute atomic E-state index is 13.1. The highest BCUT2D eigenvalue weighted by atomic mass is 35.5. The molecule has 0 saturated heterocycles. The first-order valence-corrected chi connectivity index (χ1v) is 4.34. The molecule has 0 fully saturated rings. The molecule has 0 radical (unpaired) electrons. The molecule has 1 rings (SSSR count). The third-order valence-corrected chi connectivity index (χ3v) is 2.00. The number of halogens is 4. The van der Waals surface area contributed by atoms with Gasteiger partial charge in [-0.15, -0.1) is 0 Å². The van der Waals surface area contributed by atoms with Gasteiger partial charge in [-0.1, -0.05) is 17.7 Å². The number of nitrogens with two attached hydrogens (primary N) is 1. The Kier molecular flexibility index (Phi) is 3.39. The Labute approximate surface area is 84.7 Å². The summed E-state index contributed by atoms with van der Waals surface area (Å²) < 4.78 is 38.6. The van der Waals surface area contributed by atoms with Crippen molar-refractivity contribution in [3.8, 4) is 0 Å². The van der Waals surface area contributed by atoms with Gasteiger partial charge in [0.15, 0.2) is 0 Å². The van der Waals surface area contributed by atoms with Crippen LogP contribution in [0.4, 0.5) is 13.2 Å². The summed E-state index contributed by atoms with van der Waals surface area (Å²) in [6, 6.07) is 3.61. The molecule has 5 heteroatoms. The minimum Gasteiger partial charge on any atom is -0.325 e. The van der Waals surface area contributed by atoms with E-state index in [9.17, 15) is 13.2 Å². The highest BCUT2D eigenvalue weighted by Crippen LogP contribution is 2.22. The van der Waals surface area contributed by atoms with E-state index in [1.54, 1.807) is 0 Å². The minimum atomic E-state index is -3.07. The van der Waals surface area contributed by atoms with Crippen LogP contribution in [0, 0.1) is 5.82 Å². The van der Waals surface area contributed by atoms with E-state index < -0.39 is 24.7 Å². The number of hydrogen-bond acceptors (Lipinski definition) is 1. The molecule has 2 N–H and O–H groups in total. The van der Waals surface area contributed by atoms with Crippen LogP contribution in [0.3, 0.4) is 0 Å². The van der Waals surface area contributed by atoms with Gasteiger partial charge in [-0.25, -0.2) is 13.2 Å². The fourth-order valence-corrected chi connectivity index (χ4v) is 1.17. The molecule has 0 bridgehead atoms. The Morgan fingerprint density at radius 3 is 2.50 bits per heavy atom. The van der Waals surface area contributed by atoms with Crippen LogP contribution in [-0.2, 0) is 6.42 Å². The van der Waals surface area contributed by atoms with Gasteiger partial charge in [-0.05, 0) is 17.7 Å². The van der Waals surface area contributed by atoms with Crippen molar-refractivity contribution in [1.82, 2.24) is 0 Å². The number of hydrogen-bond donors (Lipinski definition) is 1. The van der Waals surface area contributed by atoms with Crippen molar-refractivity contribution in [2.45, 2.75) is 12.3 Å². The predicted molar refractivity (Wildman–Crippen MR) is 49.1 cm³/mol. The van der Waals surface area contributed by atoms with Crippen LogP contribution in [-0.4, -0.2) is 12.5 Å². The molecule has 0 aliphatic carbocycles. The van der Waals surface area contributed by atoms with Gasteiger partial charge < -0.3 is 5.73 Å². The third kappa shape index (κ3) is 2.89. The summed E-state index contributed by atoms with van der Waals surface area (Å²) in [6.45, 7) is -0.797. The molecule has 1 aromatic carbocycles. The van der Waals surface area contributed by atoms with Crippen molar-refractivity contribution in [1.29, 1.82) is 0 Å². The molecular formula is C9H9ClF3N. The molecule has 1 aromatic rings. The van der Waals surface area contributed by atoms with E-state index in [4.69, 9.17) is 17.3 Å². The molecule has 0 aromatic heterocycles. The van der Waals surface area contributed by atoms with E-state index in [1.165, 1.54) is 12.1 Å². The van der Waals surface area contributed by atoms with Gasteiger partial charge in [0.25, 0.3) is 5.92 Å².